The average molecular weight is 291 g/mol. The Morgan fingerprint density at radius 3 is 2.52 bits per heavy atom. The second-order valence-electron chi connectivity index (χ2n) is 5.59. The smallest absolute Gasteiger partial charge is 0.237 e. The normalized spacial score (nSPS) is 14.0. The van der Waals surface area contributed by atoms with E-state index in [0.29, 0.717) is 6.54 Å². The molecule has 0 saturated carbocycles. The topological polar surface area (TPSA) is 58.4 Å². The van der Waals surface area contributed by atoms with Crippen molar-refractivity contribution in [2.45, 2.75) is 52.2 Å². The van der Waals surface area contributed by atoms with Crippen LogP contribution in [0.3, 0.4) is 0 Å². The fourth-order valence-corrected chi connectivity index (χ4v) is 2.15. The van der Waals surface area contributed by atoms with Crippen molar-refractivity contribution in [1.82, 2.24) is 10.2 Å². The monoisotopic (exact) mass is 291 g/mol. The molecule has 0 fully saturated rings. The fraction of sp³-hybridized carbons (Fsp3) is 0.588. The second kappa shape index (κ2) is 9.53. The SMILES string of the molecule is CCC(C)NC(=O)C(C)N(CCCN)Cc1ccccc1. The van der Waals surface area contributed by atoms with Gasteiger partial charge in [-0.05, 0) is 38.8 Å². The van der Waals surface area contributed by atoms with Gasteiger partial charge in [0.1, 0.15) is 0 Å². The minimum atomic E-state index is -0.147. The molecule has 2 atom stereocenters. The lowest BCUT2D eigenvalue weighted by atomic mass is 10.1. The molecule has 0 heterocycles. The van der Waals surface area contributed by atoms with E-state index in [1.54, 1.807) is 0 Å². The van der Waals surface area contributed by atoms with Crippen LogP contribution in [0, 0.1) is 0 Å². The van der Waals surface area contributed by atoms with Crippen LogP contribution in [0.4, 0.5) is 0 Å². The van der Waals surface area contributed by atoms with Crippen LogP contribution in [-0.2, 0) is 11.3 Å². The summed E-state index contributed by atoms with van der Waals surface area (Å²) in [7, 11) is 0. The summed E-state index contributed by atoms with van der Waals surface area (Å²) < 4.78 is 0. The lowest BCUT2D eigenvalue weighted by Crippen LogP contribution is -2.47. The molecule has 0 aliphatic rings. The highest BCUT2D eigenvalue weighted by Crippen LogP contribution is 2.09. The summed E-state index contributed by atoms with van der Waals surface area (Å²) in [4.78, 5) is 14.5. The van der Waals surface area contributed by atoms with E-state index in [0.717, 1.165) is 25.9 Å². The van der Waals surface area contributed by atoms with Crippen molar-refractivity contribution in [3.8, 4) is 0 Å². The van der Waals surface area contributed by atoms with E-state index in [9.17, 15) is 4.79 Å². The molecule has 0 saturated heterocycles. The fourth-order valence-electron chi connectivity index (χ4n) is 2.15. The number of carbonyl (C=O) groups is 1. The third kappa shape index (κ3) is 6.27. The van der Waals surface area contributed by atoms with Gasteiger partial charge in [-0.15, -0.1) is 0 Å². The molecule has 0 spiro atoms. The van der Waals surface area contributed by atoms with Crippen LogP contribution in [0.15, 0.2) is 30.3 Å². The third-order valence-corrected chi connectivity index (χ3v) is 3.81. The molecule has 4 nitrogen and oxygen atoms in total. The van der Waals surface area contributed by atoms with E-state index in [1.165, 1.54) is 5.56 Å². The first-order valence-electron chi connectivity index (χ1n) is 7.86. The Morgan fingerprint density at radius 2 is 1.95 bits per heavy atom. The molecular weight excluding hydrogens is 262 g/mol. The maximum absolute atomic E-state index is 12.3. The lowest BCUT2D eigenvalue weighted by Gasteiger charge is -2.29. The molecule has 21 heavy (non-hydrogen) atoms. The summed E-state index contributed by atoms with van der Waals surface area (Å²) in [5, 5.41) is 3.06. The van der Waals surface area contributed by atoms with E-state index in [1.807, 2.05) is 32.0 Å². The maximum atomic E-state index is 12.3. The Morgan fingerprint density at radius 1 is 1.29 bits per heavy atom. The van der Waals surface area contributed by atoms with Crippen molar-refractivity contribution >= 4 is 5.91 Å². The van der Waals surface area contributed by atoms with Gasteiger partial charge >= 0.3 is 0 Å². The maximum Gasteiger partial charge on any atom is 0.237 e. The van der Waals surface area contributed by atoms with Gasteiger partial charge < -0.3 is 11.1 Å². The first kappa shape index (κ1) is 17.7. The predicted molar refractivity (Wildman–Crippen MR) is 87.9 cm³/mol. The first-order valence-corrected chi connectivity index (χ1v) is 7.86. The first-order chi connectivity index (χ1) is 10.1. The largest absolute Gasteiger partial charge is 0.352 e. The number of amides is 1. The van der Waals surface area contributed by atoms with Crippen molar-refractivity contribution < 1.29 is 4.79 Å². The van der Waals surface area contributed by atoms with Crippen LogP contribution in [-0.4, -0.2) is 36.0 Å². The summed E-state index contributed by atoms with van der Waals surface area (Å²) in [5.41, 5.74) is 6.84. The molecule has 0 aliphatic carbocycles. The van der Waals surface area contributed by atoms with E-state index in [4.69, 9.17) is 5.73 Å². The molecule has 1 amide bonds. The highest BCUT2D eigenvalue weighted by Gasteiger charge is 2.21. The minimum absolute atomic E-state index is 0.0947. The molecule has 1 aromatic rings. The van der Waals surface area contributed by atoms with E-state index in [2.05, 4.69) is 29.3 Å². The third-order valence-electron chi connectivity index (χ3n) is 3.81. The summed E-state index contributed by atoms with van der Waals surface area (Å²) >= 11 is 0. The molecule has 2 unspecified atom stereocenters. The number of hydrogen-bond acceptors (Lipinski definition) is 3. The van der Waals surface area contributed by atoms with Gasteiger partial charge in [0.25, 0.3) is 0 Å². The van der Waals surface area contributed by atoms with Crippen molar-refractivity contribution in [3.63, 3.8) is 0 Å². The molecule has 0 aliphatic heterocycles. The van der Waals surface area contributed by atoms with E-state index in [-0.39, 0.29) is 18.0 Å². The Bertz CT molecular complexity index is 408. The minimum Gasteiger partial charge on any atom is -0.352 e. The van der Waals surface area contributed by atoms with Crippen LogP contribution in [0.25, 0.3) is 0 Å². The van der Waals surface area contributed by atoms with Crippen LogP contribution in [0.1, 0.15) is 39.2 Å². The number of nitrogens with two attached hydrogens (primary N) is 1. The van der Waals surface area contributed by atoms with E-state index >= 15 is 0 Å². The zero-order chi connectivity index (χ0) is 15.7. The summed E-state index contributed by atoms with van der Waals surface area (Å²) in [6.07, 6.45) is 1.84. The molecule has 1 aromatic carbocycles. The average Bonchev–Trinajstić information content (AvgIpc) is 2.51. The molecule has 118 valence electrons. The number of hydrogen-bond donors (Lipinski definition) is 2. The van der Waals surface area contributed by atoms with Gasteiger partial charge in [-0.2, -0.15) is 0 Å². The van der Waals surface area contributed by atoms with E-state index < -0.39 is 0 Å². The number of carbonyl (C=O) groups excluding carboxylic acids is 1. The Labute approximate surface area is 128 Å². The number of rotatable bonds is 9. The summed E-state index contributed by atoms with van der Waals surface area (Å²) in [5.74, 6) is 0.0947. The van der Waals surface area contributed by atoms with Gasteiger partial charge in [0.2, 0.25) is 5.91 Å². The molecule has 0 bridgehead atoms. The van der Waals surface area contributed by atoms with Crippen molar-refractivity contribution in [1.29, 1.82) is 0 Å². The number of benzene rings is 1. The molecule has 0 radical (unpaired) electrons. The Hall–Kier alpha value is -1.39. The zero-order valence-electron chi connectivity index (χ0n) is 13.5. The van der Waals surface area contributed by atoms with Gasteiger partial charge in [-0.25, -0.2) is 0 Å². The van der Waals surface area contributed by atoms with Gasteiger partial charge in [0.15, 0.2) is 0 Å². The quantitative estimate of drug-likeness (QED) is 0.733. The molecule has 1 rings (SSSR count). The Balaban J connectivity index is 2.69. The zero-order valence-corrected chi connectivity index (χ0v) is 13.5. The van der Waals surface area contributed by atoms with Gasteiger partial charge in [0, 0.05) is 19.1 Å². The number of nitrogens with one attached hydrogen (secondary N) is 1. The van der Waals surface area contributed by atoms with Gasteiger partial charge in [0.05, 0.1) is 6.04 Å². The van der Waals surface area contributed by atoms with Gasteiger partial charge in [-0.3, -0.25) is 9.69 Å². The van der Waals surface area contributed by atoms with Crippen LogP contribution in [0.2, 0.25) is 0 Å². The van der Waals surface area contributed by atoms with Crippen molar-refractivity contribution in [3.05, 3.63) is 35.9 Å². The summed E-state index contributed by atoms with van der Waals surface area (Å²) in [6.45, 7) is 8.33. The summed E-state index contributed by atoms with van der Waals surface area (Å²) in [6, 6.07) is 10.3. The molecular formula is C17H29N3O. The highest BCUT2D eigenvalue weighted by atomic mass is 16.2. The molecule has 4 heteroatoms. The molecule has 0 aromatic heterocycles. The van der Waals surface area contributed by atoms with Crippen molar-refractivity contribution in [2.24, 2.45) is 5.73 Å². The highest BCUT2D eigenvalue weighted by molar-refractivity contribution is 5.81. The predicted octanol–water partition coefficient (Wildman–Crippen LogP) is 2.14. The standard InChI is InChI=1S/C17H29N3O/c1-4-14(2)19-17(21)15(3)20(12-8-11-18)13-16-9-6-5-7-10-16/h5-7,9-10,14-15H,4,8,11-13,18H2,1-3H3,(H,19,21). The van der Waals surface area contributed by atoms with Crippen LogP contribution in [0.5, 0.6) is 0 Å². The Kier molecular flexibility index (Phi) is 8.01. The number of nitrogens with zero attached hydrogens (tertiary/aromatic N) is 1. The lowest BCUT2D eigenvalue weighted by molar-refractivity contribution is -0.126. The van der Waals surface area contributed by atoms with Crippen LogP contribution >= 0.6 is 0 Å². The van der Waals surface area contributed by atoms with Gasteiger partial charge in [-0.1, -0.05) is 37.3 Å². The van der Waals surface area contributed by atoms with Crippen molar-refractivity contribution in [2.75, 3.05) is 13.1 Å². The second-order valence-corrected chi connectivity index (χ2v) is 5.59. The molecule has 3 N–H and O–H groups in total. The van der Waals surface area contributed by atoms with Crippen LogP contribution < -0.4 is 11.1 Å².